The lowest BCUT2D eigenvalue weighted by Crippen LogP contribution is -2.30. The molecule has 3 nitrogen and oxygen atoms in total. The fourth-order valence-electron chi connectivity index (χ4n) is 2.31. The number of amides is 1. The summed E-state index contributed by atoms with van der Waals surface area (Å²) < 4.78 is 0. The Hall–Kier alpha value is -1.65. The summed E-state index contributed by atoms with van der Waals surface area (Å²) in [5.74, 6) is 0.0500. The van der Waals surface area contributed by atoms with Gasteiger partial charge in [0.2, 0.25) is 0 Å². The maximum atomic E-state index is 12.5. The fourth-order valence-corrected chi connectivity index (χ4v) is 3.46. The van der Waals surface area contributed by atoms with Crippen LogP contribution in [-0.2, 0) is 0 Å². The number of hydrogen-bond donors (Lipinski definition) is 1. The molecule has 0 bridgehead atoms. The van der Waals surface area contributed by atoms with E-state index >= 15 is 0 Å². The van der Waals surface area contributed by atoms with Crippen LogP contribution in [-0.4, -0.2) is 29.0 Å². The van der Waals surface area contributed by atoms with Gasteiger partial charge >= 0.3 is 0 Å². The van der Waals surface area contributed by atoms with Gasteiger partial charge in [0.15, 0.2) is 0 Å². The highest BCUT2D eigenvalue weighted by atomic mass is 32.1. The summed E-state index contributed by atoms with van der Waals surface area (Å²) in [5, 5.41) is 10.4. The molecule has 0 radical (unpaired) electrons. The summed E-state index contributed by atoms with van der Waals surface area (Å²) in [6.07, 6.45) is -0.673. The molecule has 0 aliphatic heterocycles. The van der Waals surface area contributed by atoms with Gasteiger partial charge in [0.25, 0.3) is 5.91 Å². The highest BCUT2D eigenvalue weighted by Crippen LogP contribution is 2.31. The third-order valence-electron chi connectivity index (χ3n) is 3.57. The molecule has 1 heterocycles. The lowest BCUT2D eigenvalue weighted by atomic mass is 10.1. The standard InChI is InChI=1S/C17H21NO2S/c1-4-18(5-2)17(20)16-12(3)11-14(21-16)15(19)13-9-7-6-8-10-13/h6-11,15,19H,4-5H2,1-3H3. The number of aliphatic hydroxyl groups excluding tert-OH is 1. The normalized spacial score (nSPS) is 12.2. The topological polar surface area (TPSA) is 40.5 Å². The number of carbonyl (C=O) groups is 1. The van der Waals surface area contributed by atoms with Crippen molar-refractivity contribution in [1.82, 2.24) is 4.90 Å². The molecule has 2 aromatic rings. The molecule has 1 aromatic carbocycles. The lowest BCUT2D eigenvalue weighted by molar-refractivity contribution is 0.0777. The number of thiophene rings is 1. The monoisotopic (exact) mass is 303 g/mol. The van der Waals surface area contributed by atoms with Gasteiger partial charge in [0.1, 0.15) is 6.10 Å². The molecule has 0 spiro atoms. The zero-order chi connectivity index (χ0) is 15.4. The van der Waals surface area contributed by atoms with Crippen LogP contribution in [0.1, 0.15) is 45.6 Å². The molecule has 0 saturated heterocycles. The first-order chi connectivity index (χ1) is 10.1. The predicted octanol–water partition coefficient (Wildman–Crippen LogP) is 3.62. The highest BCUT2D eigenvalue weighted by molar-refractivity contribution is 7.14. The van der Waals surface area contributed by atoms with E-state index in [1.54, 1.807) is 4.90 Å². The first-order valence-corrected chi connectivity index (χ1v) is 8.02. The SMILES string of the molecule is CCN(CC)C(=O)c1sc(C(O)c2ccccc2)cc1C. The molecule has 0 aliphatic rings. The molecule has 1 aromatic heterocycles. The van der Waals surface area contributed by atoms with E-state index in [0.29, 0.717) is 13.1 Å². The molecular formula is C17H21NO2S. The van der Waals surface area contributed by atoms with Crippen molar-refractivity contribution in [2.75, 3.05) is 13.1 Å². The number of nitrogens with zero attached hydrogens (tertiary/aromatic N) is 1. The van der Waals surface area contributed by atoms with Gasteiger partial charge in [-0.05, 0) is 38.0 Å². The largest absolute Gasteiger partial charge is 0.383 e. The van der Waals surface area contributed by atoms with Crippen molar-refractivity contribution in [3.63, 3.8) is 0 Å². The van der Waals surface area contributed by atoms with E-state index in [-0.39, 0.29) is 5.91 Å². The quantitative estimate of drug-likeness (QED) is 0.916. The van der Waals surface area contributed by atoms with Gasteiger partial charge in [-0.2, -0.15) is 0 Å². The Balaban J connectivity index is 2.29. The lowest BCUT2D eigenvalue weighted by Gasteiger charge is -2.18. The zero-order valence-corrected chi connectivity index (χ0v) is 13.5. The van der Waals surface area contributed by atoms with Crippen molar-refractivity contribution in [3.05, 3.63) is 57.3 Å². The van der Waals surface area contributed by atoms with Crippen molar-refractivity contribution >= 4 is 17.2 Å². The summed E-state index contributed by atoms with van der Waals surface area (Å²) in [6.45, 7) is 7.27. The van der Waals surface area contributed by atoms with E-state index in [1.165, 1.54) is 11.3 Å². The molecule has 21 heavy (non-hydrogen) atoms. The third-order valence-corrected chi connectivity index (χ3v) is 4.84. The minimum absolute atomic E-state index is 0.0500. The predicted molar refractivity (Wildman–Crippen MR) is 86.8 cm³/mol. The van der Waals surface area contributed by atoms with E-state index < -0.39 is 6.10 Å². The van der Waals surface area contributed by atoms with Crippen LogP contribution in [0.25, 0.3) is 0 Å². The maximum absolute atomic E-state index is 12.5. The van der Waals surface area contributed by atoms with Crippen LogP contribution in [0, 0.1) is 6.92 Å². The van der Waals surface area contributed by atoms with Gasteiger partial charge in [0.05, 0.1) is 4.88 Å². The second-order valence-corrected chi connectivity index (χ2v) is 6.04. The Labute approximate surface area is 129 Å². The number of hydrogen-bond acceptors (Lipinski definition) is 3. The number of rotatable bonds is 5. The Kier molecular flexibility index (Phi) is 5.15. The van der Waals surface area contributed by atoms with Crippen LogP contribution >= 0.6 is 11.3 Å². The van der Waals surface area contributed by atoms with Crippen molar-refractivity contribution < 1.29 is 9.90 Å². The van der Waals surface area contributed by atoms with E-state index in [1.807, 2.05) is 57.2 Å². The van der Waals surface area contributed by atoms with Crippen molar-refractivity contribution in [3.8, 4) is 0 Å². The summed E-state index contributed by atoms with van der Waals surface area (Å²) in [7, 11) is 0. The molecule has 2 rings (SSSR count). The summed E-state index contributed by atoms with van der Waals surface area (Å²) in [4.78, 5) is 15.8. The van der Waals surface area contributed by atoms with E-state index in [4.69, 9.17) is 0 Å². The molecule has 1 amide bonds. The van der Waals surface area contributed by atoms with Gasteiger partial charge < -0.3 is 10.0 Å². The van der Waals surface area contributed by atoms with Crippen LogP contribution < -0.4 is 0 Å². The number of aryl methyl sites for hydroxylation is 1. The summed E-state index contributed by atoms with van der Waals surface area (Å²) >= 11 is 1.39. The first kappa shape index (κ1) is 15.7. The average molecular weight is 303 g/mol. The number of aliphatic hydroxyl groups is 1. The van der Waals surface area contributed by atoms with Crippen molar-refractivity contribution in [2.45, 2.75) is 26.9 Å². The molecule has 0 fully saturated rings. The van der Waals surface area contributed by atoms with Crippen LogP contribution in [0.3, 0.4) is 0 Å². The highest BCUT2D eigenvalue weighted by Gasteiger charge is 2.21. The molecule has 4 heteroatoms. The third kappa shape index (κ3) is 3.34. The Morgan fingerprint density at radius 2 is 1.86 bits per heavy atom. The Morgan fingerprint density at radius 1 is 1.24 bits per heavy atom. The average Bonchev–Trinajstić information content (AvgIpc) is 2.90. The molecule has 112 valence electrons. The smallest absolute Gasteiger partial charge is 0.264 e. The molecule has 1 unspecified atom stereocenters. The minimum atomic E-state index is -0.673. The first-order valence-electron chi connectivity index (χ1n) is 7.21. The van der Waals surface area contributed by atoms with Gasteiger partial charge in [-0.15, -0.1) is 11.3 Å². The van der Waals surface area contributed by atoms with E-state index in [9.17, 15) is 9.90 Å². The van der Waals surface area contributed by atoms with E-state index in [2.05, 4.69) is 0 Å². The molecule has 1 atom stereocenters. The second-order valence-electron chi connectivity index (χ2n) is 4.95. The van der Waals surface area contributed by atoms with Crippen molar-refractivity contribution in [1.29, 1.82) is 0 Å². The number of benzene rings is 1. The van der Waals surface area contributed by atoms with Gasteiger partial charge in [0, 0.05) is 18.0 Å². The Bertz CT molecular complexity index is 603. The van der Waals surface area contributed by atoms with E-state index in [0.717, 1.165) is 20.9 Å². The second kappa shape index (κ2) is 6.87. The molecular weight excluding hydrogens is 282 g/mol. The maximum Gasteiger partial charge on any atom is 0.264 e. The van der Waals surface area contributed by atoms with Crippen LogP contribution in [0.2, 0.25) is 0 Å². The number of carbonyl (C=O) groups excluding carboxylic acids is 1. The fraction of sp³-hybridized carbons (Fsp3) is 0.353. The molecule has 0 saturated carbocycles. The van der Waals surface area contributed by atoms with Gasteiger partial charge in [-0.3, -0.25) is 4.79 Å². The molecule has 0 aliphatic carbocycles. The van der Waals surface area contributed by atoms with Crippen molar-refractivity contribution in [2.24, 2.45) is 0 Å². The zero-order valence-electron chi connectivity index (χ0n) is 12.7. The molecule has 1 N–H and O–H groups in total. The van der Waals surface area contributed by atoms with Crippen LogP contribution in [0.5, 0.6) is 0 Å². The van der Waals surface area contributed by atoms with Crippen LogP contribution in [0.4, 0.5) is 0 Å². The Morgan fingerprint density at radius 3 is 2.43 bits per heavy atom. The van der Waals surface area contributed by atoms with Crippen LogP contribution in [0.15, 0.2) is 36.4 Å². The van der Waals surface area contributed by atoms with Gasteiger partial charge in [-0.1, -0.05) is 30.3 Å². The van der Waals surface area contributed by atoms with Gasteiger partial charge in [-0.25, -0.2) is 0 Å². The summed E-state index contributed by atoms with van der Waals surface area (Å²) in [5.41, 5.74) is 1.78. The minimum Gasteiger partial charge on any atom is -0.383 e. The summed E-state index contributed by atoms with van der Waals surface area (Å²) in [6, 6.07) is 11.4.